The van der Waals surface area contributed by atoms with E-state index in [0.717, 1.165) is 12.0 Å². The first-order chi connectivity index (χ1) is 8.15. The van der Waals surface area contributed by atoms with E-state index >= 15 is 0 Å². The van der Waals surface area contributed by atoms with Crippen molar-refractivity contribution in [3.05, 3.63) is 33.4 Å². The van der Waals surface area contributed by atoms with Crippen LogP contribution in [0.1, 0.15) is 51.1 Å². The summed E-state index contributed by atoms with van der Waals surface area (Å²) in [5.41, 5.74) is 1.41. The van der Waals surface area contributed by atoms with E-state index in [4.69, 9.17) is 0 Å². The molecule has 0 aromatic heterocycles. The molecule has 1 saturated carbocycles. The third kappa shape index (κ3) is 3.95. The molecule has 1 fully saturated rings. The third-order valence-electron chi connectivity index (χ3n) is 3.87. The van der Waals surface area contributed by atoms with Crippen molar-refractivity contribution in [2.75, 3.05) is 0 Å². The van der Waals surface area contributed by atoms with Crippen LogP contribution in [0.15, 0.2) is 24.3 Å². The van der Waals surface area contributed by atoms with Gasteiger partial charge in [0, 0.05) is 15.7 Å². The summed E-state index contributed by atoms with van der Waals surface area (Å²) < 4.78 is 1.31. The molecule has 1 N–H and O–H groups in total. The van der Waals surface area contributed by atoms with E-state index in [1.54, 1.807) is 0 Å². The molecule has 17 heavy (non-hydrogen) atoms. The van der Waals surface area contributed by atoms with Crippen LogP contribution in [0.4, 0.5) is 0 Å². The first-order valence-electron chi connectivity index (χ1n) is 6.66. The summed E-state index contributed by atoms with van der Waals surface area (Å²) in [4.78, 5) is 0. The van der Waals surface area contributed by atoms with Gasteiger partial charge < -0.3 is 5.32 Å². The fraction of sp³-hybridized carbons (Fsp3) is 0.600. The fourth-order valence-corrected chi connectivity index (χ4v) is 2.99. The van der Waals surface area contributed by atoms with Crippen LogP contribution in [0.5, 0.6) is 0 Å². The van der Waals surface area contributed by atoms with Gasteiger partial charge >= 0.3 is 0 Å². The van der Waals surface area contributed by atoms with E-state index in [-0.39, 0.29) is 0 Å². The molecule has 0 bridgehead atoms. The highest BCUT2D eigenvalue weighted by atomic mass is 127. The molecule has 1 unspecified atom stereocenters. The summed E-state index contributed by atoms with van der Waals surface area (Å²) >= 11 is 2.36. The molecule has 2 heteroatoms. The number of hydrogen-bond donors (Lipinski definition) is 1. The molecule has 1 aliphatic carbocycles. The van der Waals surface area contributed by atoms with Gasteiger partial charge in [-0.3, -0.25) is 0 Å². The van der Waals surface area contributed by atoms with E-state index in [1.807, 2.05) is 0 Å². The lowest BCUT2D eigenvalue weighted by atomic mass is 9.87. The fourth-order valence-electron chi connectivity index (χ4n) is 2.63. The minimum Gasteiger partial charge on any atom is -0.307 e. The highest BCUT2D eigenvalue weighted by Crippen LogP contribution is 2.25. The monoisotopic (exact) mass is 343 g/mol. The SMILES string of the molecule is CC1CCC(NC(C)c2ccc(I)cc2)CC1. The molecule has 1 atom stereocenters. The summed E-state index contributed by atoms with van der Waals surface area (Å²) in [5.74, 6) is 0.932. The summed E-state index contributed by atoms with van der Waals surface area (Å²) in [6, 6.07) is 10.1. The van der Waals surface area contributed by atoms with Crippen molar-refractivity contribution in [3.63, 3.8) is 0 Å². The zero-order chi connectivity index (χ0) is 12.3. The molecule has 0 aliphatic heterocycles. The quantitative estimate of drug-likeness (QED) is 0.796. The molecule has 1 aromatic rings. The smallest absolute Gasteiger partial charge is 0.0294 e. The van der Waals surface area contributed by atoms with Gasteiger partial charge in [-0.2, -0.15) is 0 Å². The van der Waals surface area contributed by atoms with Crippen LogP contribution >= 0.6 is 22.6 Å². The number of benzene rings is 1. The Hall–Kier alpha value is -0.0900. The van der Waals surface area contributed by atoms with Crippen LogP contribution in [0.3, 0.4) is 0 Å². The van der Waals surface area contributed by atoms with Crippen molar-refractivity contribution in [2.24, 2.45) is 5.92 Å². The van der Waals surface area contributed by atoms with Crippen molar-refractivity contribution >= 4 is 22.6 Å². The highest BCUT2D eigenvalue weighted by Gasteiger charge is 2.19. The lowest BCUT2D eigenvalue weighted by molar-refractivity contribution is 0.292. The van der Waals surface area contributed by atoms with Crippen LogP contribution in [0.25, 0.3) is 0 Å². The van der Waals surface area contributed by atoms with Gasteiger partial charge in [-0.05, 0) is 78.8 Å². The Morgan fingerprint density at radius 1 is 1.12 bits per heavy atom. The van der Waals surface area contributed by atoms with Crippen LogP contribution in [-0.2, 0) is 0 Å². The summed E-state index contributed by atoms with van der Waals surface area (Å²) in [5, 5.41) is 3.77. The maximum atomic E-state index is 3.77. The minimum atomic E-state index is 0.477. The second kappa shape index (κ2) is 6.19. The Labute approximate surface area is 119 Å². The molecular formula is C15H22IN. The van der Waals surface area contributed by atoms with Crippen molar-refractivity contribution in [3.8, 4) is 0 Å². The third-order valence-corrected chi connectivity index (χ3v) is 4.59. The number of rotatable bonds is 3. The molecule has 94 valence electrons. The zero-order valence-corrected chi connectivity index (χ0v) is 12.9. The first-order valence-corrected chi connectivity index (χ1v) is 7.74. The summed E-state index contributed by atoms with van der Waals surface area (Å²) in [7, 11) is 0. The second-order valence-electron chi connectivity index (χ2n) is 5.40. The Morgan fingerprint density at radius 2 is 1.71 bits per heavy atom. The maximum absolute atomic E-state index is 3.77. The van der Waals surface area contributed by atoms with E-state index in [2.05, 4.69) is 66.0 Å². The maximum Gasteiger partial charge on any atom is 0.0294 e. The average Bonchev–Trinajstić information content (AvgIpc) is 2.33. The second-order valence-corrected chi connectivity index (χ2v) is 6.64. The lowest BCUT2D eigenvalue weighted by Gasteiger charge is -2.29. The van der Waals surface area contributed by atoms with E-state index in [9.17, 15) is 0 Å². The largest absolute Gasteiger partial charge is 0.307 e. The Balaban J connectivity index is 1.88. The Kier molecular flexibility index (Phi) is 4.86. The van der Waals surface area contributed by atoms with Gasteiger partial charge in [-0.1, -0.05) is 19.1 Å². The van der Waals surface area contributed by atoms with E-state index in [0.29, 0.717) is 6.04 Å². The normalized spacial score (nSPS) is 26.8. The lowest BCUT2D eigenvalue weighted by Crippen LogP contribution is -2.34. The van der Waals surface area contributed by atoms with Gasteiger partial charge in [0.1, 0.15) is 0 Å². The van der Waals surface area contributed by atoms with Gasteiger partial charge in [0.25, 0.3) is 0 Å². The van der Waals surface area contributed by atoms with Crippen LogP contribution in [0, 0.1) is 9.49 Å². The van der Waals surface area contributed by atoms with Gasteiger partial charge in [0.15, 0.2) is 0 Å². The van der Waals surface area contributed by atoms with Crippen molar-refractivity contribution in [1.82, 2.24) is 5.32 Å². The molecule has 1 aromatic carbocycles. The standard InChI is InChI=1S/C15H22IN/c1-11-3-9-15(10-4-11)17-12(2)13-5-7-14(16)8-6-13/h5-8,11-12,15,17H,3-4,9-10H2,1-2H3. The molecule has 0 spiro atoms. The first kappa shape index (κ1) is 13.3. The molecule has 0 heterocycles. The molecule has 0 amide bonds. The minimum absolute atomic E-state index is 0.477. The predicted octanol–water partition coefficient (Wildman–Crippen LogP) is 4.52. The average molecular weight is 343 g/mol. The summed E-state index contributed by atoms with van der Waals surface area (Å²) in [6.07, 6.45) is 5.46. The Bertz CT molecular complexity index is 338. The molecule has 2 rings (SSSR count). The van der Waals surface area contributed by atoms with Crippen LogP contribution < -0.4 is 5.32 Å². The Morgan fingerprint density at radius 3 is 2.29 bits per heavy atom. The topological polar surface area (TPSA) is 12.0 Å². The van der Waals surface area contributed by atoms with Crippen molar-refractivity contribution in [2.45, 2.75) is 51.6 Å². The highest BCUT2D eigenvalue weighted by molar-refractivity contribution is 14.1. The summed E-state index contributed by atoms with van der Waals surface area (Å²) in [6.45, 7) is 4.65. The number of halogens is 1. The van der Waals surface area contributed by atoms with Crippen molar-refractivity contribution < 1.29 is 0 Å². The van der Waals surface area contributed by atoms with Gasteiger partial charge in [-0.25, -0.2) is 0 Å². The van der Waals surface area contributed by atoms with Crippen LogP contribution in [0.2, 0.25) is 0 Å². The molecule has 1 aliphatic rings. The molecule has 1 nitrogen and oxygen atoms in total. The van der Waals surface area contributed by atoms with E-state index in [1.165, 1.54) is 34.8 Å². The molecule has 0 saturated heterocycles. The predicted molar refractivity (Wildman–Crippen MR) is 82.1 cm³/mol. The number of hydrogen-bond acceptors (Lipinski definition) is 1. The molecular weight excluding hydrogens is 321 g/mol. The van der Waals surface area contributed by atoms with Gasteiger partial charge in [0.05, 0.1) is 0 Å². The molecule has 0 radical (unpaired) electrons. The van der Waals surface area contributed by atoms with Gasteiger partial charge in [0.2, 0.25) is 0 Å². The van der Waals surface area contributed by atoms with E-state index < -0.39 is 0 Å². The van der Waals surface area contributed by atoms with Gasteiger partial charge in [-0.15, -0.1) is 0 Å². The zero-order valence-electron chi connectivity index (χ0n) is 10.7. The van der Waals surface area contributed by atoms with Crippen molar-refractivity contribution in [1.29, 1.82) is 0 Å². The van der Waals surface area contributed by atoms with Crippen LogP contribution in [-0.4, -0.2) is 6.04 Å². The number of nitrogens with one attached hydrogen (secondary N) is 1.